The molecule has 0 bridgehead atoms. The molecule has 0 amide bonds. The number of fused-ring (bicyclic) bond motifs is 9. The van der Waals surface area contributed by atoms with Crippen LogP contribution in [0.5, 0.6) is 0 Å². The fraction of sp³-hybridized carbons (Fsp3) is 0.118. The molecule has 0 saturated carbocycles. The molecular weight excluding hydrogens is 641 g/mol. The molecule has 0 spiro atoms. The van der Waals surface area contributed by atoms with Gasteiger partial charge in [-0.1, -0.05) is 137 Å². The molecule has 9 aromatic rings. The van der Waals surface area contributed by atoms with Crippen molar-refractivity contribution in [2.24, 2.45) is 0 Å². The lowest BCUT2D eigenvalue weighted by Gasteiger charge is -2.25. The maximum Gasteiger partial charge on any atom is 0.146 e. The van der Waals surface area contributed by atoms with Gasteiger partial charge in [-0.15, -0.1) is 0 Å². The highest BCUT2D eigenvalue weighted by Gasteiger charge is 2.39. The van der Waals surface area contributed by atoms with Crippen LogP contribution in [0.4, 0.5) is 0 Å². The summed E-state index contributed by atoms with van der Waals surface area (Å²) >= 11 is 0. The van der Waals surface area contributed by atoms with Crippen LogP contribution in [0.2, 0.25) is 0 Å². The molecule has 0 fully saturated rings. The Hall–Kier alpha value is -6.25. The van der Waals surface area contributed by atoms with Crippen LogP contribution in [-0.4, -0.2) is 9.55 Å². The predicted molar refractivity (Wildman–Crippen MR) is 222 cm³/mol. The number of hydrogen-bond donors (Lipinski definition) is 0. The highest BCUT2D eigenvalue weighted by Crippen LogP contribution is 2.56. The topological polar surface area (TPSA) is 17.8 Å². The van der Waals surface area contributed by atoms with Crippen molar-refractivity contribution in [1.29, 1.82) is 0 Å². The van der Waals surface area contributed by atoms with E-state index < -0.39 is 0 Å². The molecule has 1 heterocycles. The zero-order valence-corrected chi connectivity index (χ0v) is 30.4. The second kappa shape index (κ2) is 10.6. The monoisotopic (exact) mass is 678 g/mol. The van der Waals surface area contributed by atoms with Crippen LogP contribution in [0.1, 0.15) is 49.9 Å². The van der Waals surface area contributed by atoms with Gasteiger partial charge in [0, 0.05) is 22.1 Å². The summed E-state index contributed by atoms with van der Waals surface area (Å²) in [7, 11) is 0. The lowest BCUT2D eigenvalue weighted by molar-refractivity contribution is 0.661. The molecule has 0 N–H and O–H groups in total. The maximum atomic E-state index is 5.56. The maximum absolute atomic E-state index is 5.56. The molecule has 0 saturated heterocycles. The third kappa shape index (κ3) is 4.07. The van der Waals surface area contributed by atoms with Gasteiger partial charge in [-0.05, 0) is 126 Å². The van der Waals surface area contributed by atoms with Crippen molar-refractivity contribution >= 4 is 32.6 Å². The van der Waals surface area contributed by atoms with Crippen molar-refractivity contribution in [2.75, 3.05) is 0 Å². The number of aromatic nitrogens is 2. The van der Waals surface area contributed by atoms with E-state index in [-0.39, 0.29) is 10.8 Å². The number of imidazole rings is 1. The van der Waals surface area contributed by atoms with Gasteiger partial charge in [-0.2, -0.15) is 0 Å². The minimum Gasteiger partial charge on any atom is -0.292 e. The standard InChI is InChI=1S/C51H38N2/c1-50(2)42-24-14-12-22-34(42)36-28-38-39(29-43(36)50)47(31-17-7-5-8-18-31)37-27-35-33-21-11-13-23-41(33)51(3,4)44(35)30-40(37)48(38)49-52-45-25-15-16-26-46(45)53(49)32-19-9-6-10-20-32/h5-30H,1-4H3. The largest absolute Gasteiger partial charge is 0.292 e. The molecule has 1 aromatic heterocycles. The van der Waals surface area contributed by atoms with Crippen LogP contribution in [0.3, 0.4) is 0 Å². The Morgan fingerprint density at radius 2 is 0.887 bits per heavy atom. The van der Waals surface area contributed by atoms with E-state index >= 15 is 0 Å². The van der Waals surface area contributed by atoms with Crippen LogP contribution in [0.15, 0.2) is 158 Å². The third-order valence-electron chi connectivity index (χ3n) is 12.4. The molecule has 2 nitrogen and oxygen atoms in total. The molecule has 53 heavy (non-hydrogen) atoms. The summed E-state index contributed by atoms with van der Waals surface area (Å²) in [6, 6.07) is 58.4. The van der Waals surface area contributed by atoms with Crippen molar-refractivity contribution in [3.8, 4) is 50.5 Å². The predicted octanol–water partition coefficient (Wildman–Crippen LogP) is 13.3. The number of hydrogen-bond acceptors (Lipinski definition) is 1. The van der Waals surface area contributed by atoms with Crippen LogP contribution >= 0.6 is 0 Å². The summed E-state index contributed by atoms with van der Waals surface area (Å²) in [5.74, 6) is 0.964. The van der Waals surface area contributed by atoms with E-state index in [2.05, 4.69) is 190 Å². The average Bonchev–Trinajstić information content (AvgIpc) is 3.76. The number of nitrogens with zero attached hydrogens (tertiary/aromatic N) is 2. The Kier molecular flexibility index (Phi) is 6.11. The van der Waals surface area contributed by atoms with Gasteiger partial charge >= 0.3 is 0 Å². The molecule has 11 rings (SSSR count). The average molecular weight is 679 g/mol. The molecule has 2 aliphatic carbocycles. The summed E-state index contributed by atoms with van der Waals surface area (Å²) in [6.07, 6.45) is 0. The van der Waals surface area contributed by atoms with Crippen LogP contribution in [0, 0.1) is 0 Å². The second-order valence-corrected chi connectivity index (χ2v) is 15.9. The fourth-order valence-electron chi connectivity index (χ4n) is 9.80. The second-order valence-electron chi connectivity index (χ2n) is 15.9. The van der Waals surface area contributed by atoms with E-state index in [1.54, 1.807) is 0 Å². The van der Waals surface area contributed by atoms with E-state index in [1.807, 2.05) is 0 Å². The van der Waals surface area contributed by atoms with Crippen molar-refractivity contribution < 1.29 is 0 Å². The van der Waals surface area contributed by atoms with E-state index in [4.69, 9.17) is 4.98 Å². The van der Waals surface area contributed by atoms with E-state index in [0.29, 0.717) is 0 Å². The molecule has 0 aliphatic heterocycles. The Labute approximate surface area is 310 Å². The number of rotatable bonds is 3. The SMILES string of the molecule is CC1(C)c2ccccc2-c2cc3c(-c4nc5ccccc5n4-c4ccccc4)c4cc5c(cc4c(-c4ccccc4)c3cc21)-c1ccccc1C5(C)C. The molecule has 0 radical (unpaired) electrons. The van der Waals surface area contributed by atoms with Gasteiger partial charge in [0.2, 0.25) is 0 Å². The molecule has 2 heteroatoms. The zero-order valence-electron chi connectivity index (χ0n) is 30.4. The summed E-state index contributed by atoms with van der Waals surface area (Å²) < 4.78 is 2.38. The summed E-state index contributed by atoms with van der Waals surface area (Å²) in [5, 5.41) is 4.97. The van der Waals surface area contributed by atoms with Gasteiger partial charge in [0.25, 0.3) is 0 Å². The smallest absolute Gasteiger partial charge is 0.146 e. The Morgan fingerprint density at radius 1 is 0.415 bits per heavy atom. The first-order valence-electron chi connectivity index (χ1n) is 18.7. The summed E-state index contributed by atoms with van der Waals surface area (Å²) in [5.41, 5.74) is 17.4. The van der Waals surface area contributed by atoms with Crippen LogP contribution in [-0.2, 0) is 10.8 Å². The van der Waals surface area contributed by atoms with Crippen molar-refractivity contribution in [3.05, 3.63) is 180 Å². The highest BCUT2D eigenvalue weighted by atomic mass is 15.1. The minimum atomic E-state index is -0.153. The molecule has 2 aliphatic rings. The van der Waals surface area contributed by atoms with Crippen LogP contribution in [0.25, 0.3) is 83.0 Å². The first-order chi connectivity index (χ1) is 25.8. The number of para-hydroxylation sites is 3. The summed E-state index contributed by atoms with van der Waals surface area (Å²) in [4.78, 5) is 5.56. The van der Waals surface area contributed by atoms with Gasteiger partial charge in [0.05, 0.1) is 11.0 Å². The Morgan fingerprint density at radius 3 is 1.51 bits per heavy atom. The summed E-state index contributed by atoms with van der Waals surface area (Å²) in [6.45, 7) is 9.53. The normalized spacial score (nSPS) is 14.7. The van der Waals surface area contributed by atoms with Gasteiger partial charge in [-0.3, -0.25) is 4.57 Å². The van der Waals surface area contributed by atoms with Crippen LogP contribution < -0.4 is 0 Å². The van der Waals surface area contributed by atoms with E-state index in [9.17, 15) is 0 Å². The van der Waals surface area contributed by atoms with E-state index in [0.717, 1.165) is 22.5 Å². The molecule has 0 atom stereocenters. The van der Waals surface area contributed by atoms with E-state index in [1.165, 1.54) is 82.7 Å². The van der Waals surface area contributed by atoms with Crippen molar-refractivity contribution in [3.63, 3.8) is 0 Å². The minimum absolute atomic E-state index is 0.138. The first-order valence-corrected chi connectivity index (χ1v) is 18.7. The third-order valence-corrected chi connectivity index (χ3v) is 12.4. The molecule has 252 valence electrons. The quantitative estimate of drug-likeness (QED) is 0.170. The van der Waals surface area contributed by atoms with Gasteiger partial charge < -0.3 is 0 Å². The molecular formula is C51H38N2. The van der Waals surface area contributed by atoms with Gasteiger partial charge in [-0.25, -0.2) is 4.98 Å². The fourth-order valence-corrected chi connectivity index (χ4v) is 9.80. The van der Waals surface area contributed by atoms with Gasteiger partial charge in [0.1, 0.15) is 5.82 Å². The molecule has 0 unspecified atom stereocenters. The molecule has 8 aromatic carbocycles. The Balaban J connectivity index is 1.39. The first kappa shape index (κ1) is 30.4. The lowest BCUT2D eigenvalue weighted by atomic mass is 9.78. The zero-order chi connectivity index (χ0) is 35.6. The lowest BCUT2D eigenvalue weighted by Crippen LogP contribution is -2.15. The number of benzene rings is 8. The van der Waals surface area contributed by atoms with Crippen molar-refractivity contribution in [1.82, 2.24) is 9.55 Å². The van der Waals surface area contributed by atoms with Crippen molar-refractivity contribution in [2.45, 2.75) is 38.5 Å². The highest BCUT2D eigenvalue weighted by molar-refractivity contribution is 6.23. The van der Waals surface area contributed by atoms with Gasteiger partial charge in [0.15, 0.2) is 0 Å². The Bertz CT molecular complexity index is 2980.